The van der Waals surface area contributed by atoms with Gasteiger partial charge in [0.2, 0.25) is 0 Å². The number of halogens is 1. The smallest absolute Gasteiger partial charge is 0.253 e. The minimum atomic E-state index is -0.219. The molecular weight excluding hydrogens is 248 g/mol. The molecule has 0 atom stereocenters. The summed E-state index contributed by atoms with van der Waals surface area (Å²) in [7, 11) is 0. The highest BCUT2D eigenvalue weighted by Crippen LogP contribution is 2.21. The summed E-state index contributed by atoms with van der Waals surface area (Å²) < 4.78 is 0. The number of benzene rings is 1. The first-order valence-electron chi connectivity index (χ1n) is 6.25. The largest absolute Gasteiger partial charge is 0.385 e. The summed E-state index contributed by atoms with van der Waals surface area (Å²) in [6, 6.07) is 5.31. The second-order valence-corrected chi connectivity index (χ2v) is 5.35. The molecule has 1 aromatic carbocycles. The van der Waals surface area contributed by atoms with E-state index in [0.717, 1.165) is 18.7 Å². The molecule has 18 heavy (non-hydrogen) atoms. The molecule has 0 bridgehead atoms. The first-order valence-corrected chi connectivity index (χ1v) is 6.63. The van der Waals surface area contributed by atoms with Crippen LogP contribution in [0.25, 0.3) is 0 Å². The van der Waals surface area contributed by atoms with E-state index in [0.29, 0.717) is 10.6 Å². The quantitative estimate of drug-likeness (QED) is 0.855. The second kappa shape index (κ2) is 6.10. The topological polar surface area (TPSA) is 41.1 Å². The molecule has 0 aliphatic carbocycles. The van der Waals surface area contributed by atoms with Gasteiger partial charge in [0.15, 0.2) is 0 Å². The number of anilines is 1. The van der Waals surface area contributed by atoms with Crippen molar-refractivity contribution >= 4 is 23.2 Å². The van der Waals surface area contributed by atoms with Crippen molar-refractivity contribution < 1.29 is 4.79 Å². The molecular formula is C14H21ClN2O. The average molecular weight is 269 g/mol. The molecule has 1 rings (SSSR count). The first-order chi connectivity index (χ1) is 8.39. The fraction of sp³-hybridized carbons (Fsp3) is 0.500. The van der Waals surface area contributed by atoms with Crippen LogP contribution in [0.5, 0.6) is 0 Å². The lowest BCUT2D eigenvalue weighted by Crippen LogP contribution is -2.43. The van der Waals surface area contributed by atoms with Crippen LogP contribution in [0.2, 0.25) is 5.02 Å². The van der Waals surface area contributed by atoms with Gasteiger partial charge in [-0.15, -0.1) is 0 Å². The Hall–Kier alpha value is -1.22. The third kappa shape index (κ3) is 3.91. The summed E-state index contributed by atoms with van der Waals surface area (Å²) in [4.78, 5) is 12.3. The van der Waals surface area contributed by atoms with Gasteiger partial charge in [0.1, 0.15) is 0 Å². The van der Waals surface area contributed by atoms with Crippen molar-refractivity contribution in [2.24, 2.45) is 0 Å². The molecule has 100 valence electrons. The molecule has 0 aliphatic heterocycles. The maximum atomic E-state index is 12.3. The lowest BCUT2D eigenvalue weighted by molar-refractivity contribution is 0.0912. The van der Waals surface area contributed by atoms with Gasteiger partial charge in [-0.05, 0) is 45.4 Å². The zero-order valence-electron chi connectivity index (χ0n) is 11.4. The lowest BCUT2D eigenvalue weighted by Gasteiger charge is -2.25. The summed E-state index contributed by atoms with van der Waals surface area (Å²) in [6.45, 7) is 8.81. The van der Waals surface area contributed by atoms with Crippen molar-refractivity contribution in [1.82, 2.24) is 5.32 Å². The highest BCUT2D eigenvalue weighted by Gasteiger charge is 2.20. The molecule has 3 nitrogen and oxygen atoms in total. The Kier molecular flexibility index (Phi) is 5.03. The zero-order chi connectivity index (χ0) is 13.8. The van der Waals surface area contributed by atoms with Gasteiger partial charge < -0.3 is 10.6 Å². The van der Waals surface area contributed by atoms with E-state index in [1.165, 1.54) is 0 Å². The average Bonchev–Trinajstić information content (AvgIpc) is 2.31. The molecule has 0 aliphatic rings. The fourth-order valence-electron chi connectivity index (χ4n) is 1.51. The fourth-order valence-corrected chi connectivity index (χ4v) is 1.68. The van der Waals surface area contributed by atoms with Crippen molar-refractivity contribution in [2.75, 3.05) is 11.9 Å². The number of rotatable bonds is 5. The highest BCUT2D eigenvalue weighted by atomic mass is 35.5. The van der Waals surface area contributed by atoms with E-state index in [1.54, 1.807) is 12.1 Å². The van der Waals surface area contributed by atoms with Crippen molar-refractivity contribution in [1.29, 1.82) is 0 Å². The Morgan fingerprint density at radius 2 is 2.00 bits per heavy atom. The van der Waals surface area contributed by atoms with Gasteiger partial charge in [-0.2, -0.15) is 0 Å². The van der Waals surface area contributed by atoms with Crippen LogP contribution < -0.4 is 10.6 Å². The normalized spacial score (nSPS) is 11.2. The molecule has 2 N–H and O–H groups in total. The van der Waals surface area contributed by atoms with Crippen LogP contribution in [0.1, 0.15) is 44.5 Å². The number of hydrogen-bond donors (Lipinski definition) is 2. The van der Waals surface area contributed by atoms with E-state index in [1.807, 2.05) is 33.8 Å². The van der Waals surface area contributed by atoms with Crippen LogP contribution in [0.15, 0.2) is 18.2 Å². The number of hydrogen-bond acceptors (Lipinski definition) is 2. The van der Waals surface area contributed by atoms with Gasteiger partial charge in [0, 0.05) is 22.8 Å². The van der Waals surface area contributed by atoms with Crippen molar-refractivity contribution in [3.63, 3.8) is 0 Å². The lowest BCUT2D eigenvalue weighted by atomic mass is 10.0. The maximum absolute atomic E-state index is 12.3. The minimum absolute atomic E-state index is 0.0969. The molecule has 0 spiro atoms. The van der Waals surface area contributed by atoms with Gasteiger partial charge in [-0.3, -0.25) is 4.79 Å². The highest BCUT2D eigenvalue weighted by molar-refractivity contribution is 6.31. The van der Waals surface area contributed by atoms with Gasteiger partial charge in [-0.25, -0.2) is 0 Å². The van der Waals surface area contributed by atoms with Crippen LogP contribution in [-0.2, 0) is 0 Å². The minimum Gasteiger partial charge on any atom is -0.385 e. The van der Waals surface area contributed by atoms with Gasteiger partial charge in [0.05, 0.1) is 5.56 Å². The van der Waals surface area contributed by atoms with Gasteiger partial charge in [-0.1, -0.05) is 18.5 Å². The summed E-state index contributed by atoms with van der Waals surface area (Å²) >= 11 is 5.96. The van der Waals surface area contributed by atoms with E-state index in [9.17, 15) is 4.79 Å². The Morgan fingerprint density at radius 1 is 1.33 bits per heavy atom. The number of carbonyl (C=O) groups excluding carboxylic acids is 1. The Balaban J connectivity index is 3.00. The summed E-state index contributed by atoms with van der Waals surface area (Å²) in [6.07, 6.45) is 0.871. The number of nitrogens with one attached hydrogen (secondary N) is 2. The predicted molar refractivity (Wildman–Crippen MR) is 77.5 cm³/mol. The van der Waals surface area contributed by atoms with Crippen LogP contribution in [0, 0.1) is 0 Å². The molecule has 0 saturated heterocycles. The zero-order valence-corrected chi connectivity index (χ0v) is 12.2. The van der Waals surface area contributed by atoms with Crippen molar-refractivity contribution in [2.45, 2.75) is 39.7 Å². The second-order valence-electron chi connectivity index (χ2n) is 4.91. The van der Waals surface area contributed by atoms with Crippen molar-refractivity contribution in [3.05, 3.63) is 28.8 Å². The molecule has 1 amide bonds. The van der Waals surface area contributed by atoms with Gasteiger partial charge in [0.25, 0.3) is 5.91 Å². The van der Waals surface area contributed by atoms with E-state index in [4.69, 9.17) is 11.6 Å². The Morgan fingerprint density at radius 3 is 2.56 bits per heavy atom. The van der Waals surface area contributed by atoms with E-state index < -0.39 is 0 Å². The van der Waals surface area contributed by atoms with E-state index in [-0.39, 0.29) is 11.4 Å². The van der Waals surface area contributed by atoms with Crippen LogP contribution >= 0.6 is 11.6 Å². The molecule has 1 aromatic rings. The SMILES string of the molecule is CCNc1ccc(Cl)cc1C(=O)NC(C)(C)CC. The van der Waals surface area contributed by atoms with Crippen LogP contribution in [0.4, 0.5) is 5.69 Å². The van der Waals surface area contributed by atoms with E-state index >= 15 is 0 Å². The predicted octanol–water partition coefficient (Wildman–Crippen LogP) is 3.69. The third-order valence-corrected chi connectivity index (χ3v) is 3.16. The van der Waals surface area contributed by atoms with Gasteiger partial charge >= 0.3 is 0 Å². The standard InChI is InChI=1S/C14H21ClN2O/c1-5-14(3,4)17-13(18)11-9-10(15)7-8-12(11)16-6-2/h7-9,16H,5-6H2,1-4H3,(H,17,18). The Bertz CT molecular complexity index is 430. The number of carbonyl (C=O) groups is 1. The maximum Gasteiger partial charge on any atom is 0.253 e. The molecule has 0 aromatic heterocycles. The van der Waals surface area contributed by atoms with Crippen LogP contribution in [0.3, 0.4) is 0 Å². The van der Waals surface area contributed by atoms with E-state index in [2.05, 4.69) is 10.6 Å². The molecule has 0 unspecified atom stereocenters. The summed E-state index contributed by atoms with van der Waals surface area (Å²) in [5, 5.41) is 6.75. The Labute approximate surface area is 114 Å². The molecule has 4 heteroatoms. The number of amides is 1. The molecule has 0 heterocycles. The monoisotopic (exact) mass is 268 g/mol. The molecule has 0 saturated carbocycles. The summed E-state index contributed by atoms with van der Waals surface area (Å²) in [5.74, 6) is -0.0969. The van der Waals surface area contributed by atoms with Crippen LogP contribution in [-0.4, -0.2) is 18.0 Å². The third-order valence-electron chi connectivity index (χ3n) is 2.93. The summed E-state index contributed by atoms with van der Waals surface area (Å²) in [5.41, 5.74) is 1.18. The first kappa shape index (κ1) is 14.8. The van der Waals surface area contributed by atoms with Crippen molar-refractivity contribution in [3.8, 4) is 0 Å². The molecule has 0 radical (unpaired) electrons. The molecule has 0 fully saturated rings.